The van der Waals surface area contributed by atoms with Crippen molar-refractivity contribution in [3.05, 3.63) is 73.4 Å². The summed E-state index contributed by atoms with van der Waals surface area (Å²) < 4.78 is 1.57. The predicted octanol–water partition coefficient (Wildman–Crippen LogP) is 3.14. The summed E-state index contributed by atoms with van der Waals surface area (Å²) in [5.41, 5.74) is 7.53. The third-order valence-corrected chi connectivity index (χ3v) is 5.83. The first-order valence-electron chi connectivity index (χ1n) is 8.28. The topological polar surface area (TPSA) is 80.9 Å². The fourth-order valence-electron chi connectivity index (χ4n) is 2.90. The second-order valence-corrected chi connectivity index (χ2v) is 8.12. The standard InChI is InChI=1S/C19H20ClN3O2S/c1-11-7-14(20)8-13(17(11)26-12(2)9-21)10-23-16-6-4-3-5-15(16)18(24)22-19(23)25/h3-8,12H,9-10,21H2,1-2H3,(H,22,24,25). The summed E-state index contributed by atoms with van der Waals surface area (Å²) in [5.74, 6) is 0. The number of hydrogen-bond donors (Lipinski definition) is 2. The number of aromatic amines is 1. The number of benzene rings is 2. The lowest BCUT2D eigenvalue weighted by atomic mass is 10.1. The molecule has 0 aliphatic heterocycles. The number of nitrogens with zero attached hydrogens (tertiary/aromatic N) is 1. The first-order valence-corrected chi connectivity index (χ1v) is 9.54. The van der Waals surface area contributed by atoms with Crippen LogP contribution in [0.5, 0.6) is 0 Å². The predicted molar refractivity (Wildman–Crippen MR) is 108 cm³/mol. The minimum Gasteiger partial charge on any atom is -0.329 e. The summed E-state index contributed by atoms with van der Waals surface area (Å²) in [4.78, 5) is 28.0. The van der Waals surface area contributed by atoms with E-state index in [0.29, 0.717) is 29.0 Å². The summed E-state index contributed by atoms with van der Waals surface area (Å²) in [7, 11) is 0. The number of nitrogens with two attached hydrogens (primary N) is 1. The number of nitrogens with one attached hydrogen (secondary N) is 1. The molecule has 0 amide bonds. The molecule has 0 spiro atoms. The van der Waals surface area contributed by atoms with Crippen LogP contribution in [0.15, 0.2) is 50.9 Å². The average molecular weight is 390 g/mol. The minimum atomic E-state index is -0.436. The molecule has 3 rings (SSSR count). The molecular weight excluding hydrogens is 370 g/mol. The van der Waals surface area contributed by atoms with Crippen LogP contribution in [0.3, 0.4) is 0 Å². The summed E-state index contributed by atoms with van der Waals surface area (Å²) in [5, 5.41) is 1.33. The molecule has 136 valence electrons. The van der Waals surface area contributed by atoms with Crippen LogP contribution in [-0.2, 0) is 6.54 Å². The number of para-hydroxylation sites is 1. The lowest BCUT2D eigenvalue weighted by molar-refractivity contribution is 0.744. The van der Waals surface area contributed by atoms with Crippen molar-refractivity contribution in [1.29, 1.82) is 0 Å². The maximum absolute atomic E-state index is 12.5. The van der Waals surface area contributed by atoms with Gasteiger partial charge in [-0.2, -0.15) is 0 Å². The van der Waals surface area contributed by atoms with Gasteiger partial charge in [-0.1, -0.05) is 30.7 Å². The Morgan fingerprint density at radius 3 is 2.73 bits per heavy atom. The Kier molecular flexibility index (Phi) is 5.55. The second kappa shape index (κ2) is 7.70. The first kappa shape index (κ1) is 18.8. The zero-order valence-corrected chi connectivity index (χ0v) is 16.2. The van der Waals surface area contributed by atoms with Crippen LogP contribution in [0.1, 0.15) is 18.1 Å². The second-order valence-electron chi connectivity index (χ2n) is 6.24. The van der Waals surface area contributed by atoms with Gasteiger partial charge in [-0.3, -0.25) is 14.3 Å². The van der Waals surface area contributed by atoms with Gasteiger partial charge >= 0.3 is 5.69 Å². The molecule has 0 aliphatic rings. The largest absolute Gasteiger partial charge is 0.329 e. The Morgan fingerprint density at radius 1 is 1.27 bits per heavy atom. The Hall–Kier alpha value is -2.02. The first-order chi connectivity index (χ1) is 12.4. The van der Waals surface area contributed by atoms with Gasteiger partial charge < -0.3 is 5.73 Å². The van der Waals surface area contributed by atoms with Crippen molar-refractivity contribution < 1.29 is 0 Å². The molecule has 1 heterocycles. The Bertz CT molecular complexity index is 1070. The zero-order chi connectivity index (χ0) is 18.8. The molecule has 1 aromatic heterocycles. The van der Waals surface area contributed by atoms with Gasteiger partial charge in [0.2, 0.25) is 0 Å². The van der Waals surface area contributed by atoms with Crippen molar-refractivity contribution >= 4 is 34.3 Å². The van der Waals surface area contributed by atoms with Gasteiger partial charge in [0.15, 0.2) is 0 Å². The van der Waals surface area contributed by atoms with E-state index < -0.39 is 5.69 Å². The fourth-order valence-corrected chi connectivity index (χ4v) is 4.22. The van der Waals surface area contributed by atoms with Gasteiger partial charge in [0.05, 0.1) is 17.4 Å². The summed E-state index contributed by atoms with van der Waals surface area (Å²) in [6, 6.07) is 10.8. The SMILES string of the molecule is Cc1cc(Cl)cc(Cn2c(=O)[nH]c(=O)c3ccccc32)c1SC(C)CN. The van der Waals surface area contributed by atoms with Crippen molar-refractivity contribution in [2.24, 2.45) is 5.73 Å². The molecule has 3 aromatic rings. The van der Waals surface area contributed by atoms with E-state index in [0.717, 1.165) is 16.0 Å². The van der Waals surface area contributed by atoms with E-state index in [-0.39, 0.29) is 10.8 Å². The molecule has 1 unspecified atom stereocenters. The molecule has 0 aliphatic carbocycles. The zero-order valence-electron chi connectivity index (χ0n) is 14.6. The number of fused-ring (bicyclic) bond motifs is 1. The third kappa shape index (κ3) is 3.72. The van der Waals surface area contributed by atoms with Crippen LogP contribution in [0.25, 0.3) is 10.9 Å². The van der Waals surface area contributed by atoms with Gasteiger partial charge in [0.25, 0.3) is 5.56 Å². The highest BCUT2D eigenvalue weighted by molar-refractivity contribution is 8.00. The number of rotatable bonds is 5. The highest BCUT2D eigenvalue weighted by atomic mass is 35.5. The molecule has 0 radical (unpaired) electrons. The van der Waals surface area contributed by atoms with E-state index in [9.17, 15) is 9.59 Å². The fraction of sp³-hybridized carbons (Fsp3) is 0.263. The van der Waals surface area contributed by atoms with Gasteiger partial charge in [0, 0.05) is 21.7 Å². The van der Waals surface area contributed by atoms with Crippen molar-refractivity contribution in [2.75, 3.05) is 6.54 Å². The molecule has 0 saturated heterocycles. The van der Waals surface area contributed by atoms with Crippen molar-refractivity contribution in [3.8, 4) is 0 Å². The number of hydrogen-bond acceptors (Lipinski definition) is 4. The Balaban J connectivity index is 2.17. The van der Waals surface area contributed by atoms with Crippen molar-refractivity contribution in [3.63, 3.8) is 0 Å². The molecule has 0 saturated carbocycles. The Morgan fingerprint density at radius 2 is 2.00 bits per heavy atom. The molecule has 7 heteroatoms. The summed E-state index contributed by atoms with van der Waals surface area (Å²) in [6.45, 7) is 4.92. The number of halogens is 1. The molecule has 0 bridgehead atoms. The van der Waals surface area contributed by atoms with Gasteiger partial charge in [-0.25, -0.2) is 4.79 Å². The van der Waals surface area contributed by atoms with E-state index in [2.05, 4.69) is 11.9 Å². The monoisotopic (exact) mass is 389 g/mol. The van der Waals surface area contributed by atoms with E-state index in [1.807, 2.05) is 25.1 Å². The summed E-state index contributed by atoms with van der Waals surface area (Å²) in [6.07, 6.45) is 0. The van der Waals surface area contributed by atoms with Gasteiger partial charge in [0.1, 0.15) is 0 Å². The highest BCUT2D eigenvalue weighted by Gasteiger charge is 2.15. The molecule has 3 N–H and O–H groups in total. The van der Waals surface area contributed by atoms with Gasteiger partial charge in [-0.05, 0) is 42.3 Å². The minimum absolute atomic E-state index is 0.234. The third-order valence-electron chi connectivity index (χ3n) is 4.20. The van der Waals surface area contributed by atoms with Crippen molar-refractivity contribution in [2.45, 2.75) is 30.5 Å². The van der Waals surface area contributed by atoms with E-state index in [1.54, 1.807) is 34.5 Å². The van der Waals surface area contributed by atoms with Crippen LogP contribution in [0.4, 0.5) is 0 Å². The highest BCUT2D eigenvalue weighted by Crippen LogP contribution is 2.33. The summed E-state index contributed by atoms with van der Waals surface area (Å²) >= 11 is 7.93. The van der Waals surface area contributed by atoms with Crippen LogP contribution >= 0.6 is 23.4 Å². The number of aromatic nitrogens is 2. The lowest BCUT2D eigenvalue weighted by Crippen LogP contribution is -2.30. The van der Waals surface area contributed by atoms with E-state index >= 15 is 0 Å². The molecule has 5 nitrogen and oxygen atoms in total. The van der Waals surface area contributed by atoms with Crippen LogP contribution in [-0.4, -0.2) is 21.3 Å². The molecule has 2 aromatic carbocycles. The average Bonchev–Trinajstić information content (AvgIpc) is 2.61. The number of H-pyrrole nitrogens is 1. The van der Waals surface area contributed by atoms with Crippen LogP contribution < -0.4 is 17.0 Å². The normalized spacial score (nSPS) is 12.5. The molecule has 0 fully saturated rings. The maximum atomic E-state index is 12.5. The van der Waals surface area contributed by atoms with E-state index in [1.165, 1.54) is 0 Å². The van der Waals surface area contributed by atoms with Crippen LogP contribution in [0, 0.1) is 6.92 Å². The number of aryl methyl sites for hydroxylation is 1. The lowest BCUT2D eigenvalue weighted by Gasteiger charge is -2.18. The smallest absolute Gasteiger partial charge is 0.329 e. The van der Waals surface area contributed by atoms with Crippen LogP contribution in [0.2, 0.25) is 5.02 Å². The molecule has 1 atom stereocenters. The quantitative estimate of drug-likeness (QED) is 0.657. The number of thioether (sulfide) groups is 1. The van der Waals surface area contributed by atoms with E-state index in [4.69, 9.17) is 17.3 Å². The molecular formula is C19H20ClN3O2S. The van der Waals surface area contributed by atoms with Crippen molar-refractivity contribution in [1.82, 2.24) is 9.55 Å². The van der Waals surface area contributed by atoms with Gasteiger partial charge in [-0.15, -0.1) is 11.8 Å². The maximum Gasteiger partial charge on any atom is 0.329 e. The Labute approximate surface area is 160 Å². The molecule has 26 heavy (non-hydrogen) atoms.